The second kappa shape index (κ2) is 5.30. The summed E-state index contributed by atoms with van der Waals surface area (Å²) in [5, 5.41) is 12.8. The van der Waals surface area contributed by atoms with Gasteiger partial charge in [0.15, 0.2) is 11.6 Å². The summed E-state index contributed by atoms with van der Waals surface area (Å²) < 4.78 is 14.1. The third-order valence-electron chi connectivity index (χ3n) is 5.35. The zero-order valence-corrected chi connectivity index (χ0v) is 12.8. The van der Waals surface area contributed by atoms with Crippen LogP contribution in [0.2, 0.25) is 0 Å². The second-order valence-electron chi connectivity index (χ2n) is 6.71. The van der Waals surface area contributed by atoms with E-state index in [1.165, 1.54) is 6.20 Å². The van der Waals surface area contributed by atoms with E-state index in [9.17, 15) is 14.3 Å². The highest BCUT2D eigenvalue weighted by molar-refractivity contribution is 5.78. The van der Waals surface area contributed by atoms with Gasteiger partial charge in [0, 0.05) is 45.2 Å². The van der Waals surface area contributed by atoms with E-state index in [0.29, 0.717) is 37.9 Å². The van der Waals surface area contributed by atoms with Crippen LogP contribution in [0, 0.1) is 17.2 Å². The monoisotopic (exact) mass is 321 g/mol. The number of aromatic nitrogens is 2. The Bertz CT molecular complexity index is 636. The number of carbonyl (C=O) groups is 1. The lowest BCUT2D eigenvalue weighted by molar-refractivity contribution is -0.148. The van der Waals surface area contributed by atoms with Gasteiger partial charge in [-0.05, 0) is 12.8 Å². The SMILES string of the molecule is O=C(O)[C@]12CNC[C@H]1CN(c1ncc(F)c(N3CCCC3)n1)C2. The van der Waals surface area contributed by atoms with E-state index >= 15 is 0 Å². The van der Waals surface area contributed by atoms with Gasteiger partial charge < -0.3 is 20.2 Å². The number of carboxylic acids is 1. The molecular formula is C15H20FN5O2. The fourth-order valence-corrected chi connectivity index (χ4v) is 4.03. The van der Waals surface area contributed by atoms with Crippen LogP contribution < -0.4 is 15.1 Å². The largest absolute Gasteiger partial charge is 0.481 e. The predicted molar refractivity (Wildman–Crippen MR) is 82.1 cm³/mol. The number of halogens is 1. The Morgan fingerprint density at radius 3 is 2.87 bits per heavy atom. The van der Waals surface area contributed by atoms with Crippen LogP contribution in [0.5, 0.6) is 0 Å². The van der Waals surface area contributed by atoms with Crippen molar-refractivity contribution < 1.29 is 14.3 Å². The minimum absolute atomic E-state index is 0.0314. The number of hydrogen-bond acceptors (Lipinski definition) is 6. The van der Waals surface area contributed by atoms with Gasteiger partial charge in [0.25, 0.3) is 0 Å². The molecule has 1 aromatic heterocycles. The van der Waals surface area contributed by atoms with E-state index < -0.39 is 17.2 Å². The quantitative estimate of drug-likeness (QED) is 0.830. The maximum atomic E-state index is 14.1. The summed E-state index contributed by atoms with van der Waals surface area (Å²) in [5.74, 6) is -0.388. The summed E-state index contributed by atoms with van der Waals surface area (Å²) in [6.45, 7) is 3.71. The molecule has 8 heteroatoms. The van der Waals surface area contributed by atoms with Crippen LogP contribution in [0.1, 0.15) is 12.8 Å². The fourth-order valence-electron chi connectivity index (χ4n) is 4.03. The van der Waals surface area contributed by atoms with Crippen LogP contribution >= 0.6 is 0 Å². The summed E-state index contributed by atoms with van der Waals surface area (Å²) in [6.07, 6.45) is 3.28. The van der Waals surface area contributed by atoms with Gasteiger partial charge in [-0.3, -0.25) is 4.79 Å². The molecule has 3 aliphatic rings. The van der Waals surface area contributed by atoms with Crippen molar-refractivity contribution in [2.75, 3.05) is 49.1 Å². The molecule has 0 unspecified atom stereocenters. The summed E-state index contributed by atoms with van der Waals surface area (Å²) >= 11 is 0. The van der Waals surface area contributed by atoms with Crippen LogP contribution in [0.3, 0.4) is 0 Å². The molecule has 4 rings (SSSR count). The number of hydrogen-bond donors (Lipinski definition) is 2. The number of nitrogens with zero attached hydrogens (tertiary/aromatic N) is 4. The first-order valence-electron chi connectivity index (χ1n) is 8.07. The Kier molecular flexibility index (Phi) is 3.37. The average Bonchev–Trinajstić information content (AvgIpc) is 3.23. The Hall–Kier alpha value is -1.96. The maximum absolute atomic E-state index is 14.1. The number of carboxylic acid groups (broad SMARTS) is 1. The third-order valence-corrected chi connectivity index (χ3v) is 5.35. The van der Waals surface area contributed by atoms with E-state index in [-0.39, 0.29) is 5.92 Å². The topological polar surface area (TPSA) is 81.6 Å². The van der Waals surface area contributed by atoms with Crippen molar-refractivity contribution in [2.24, 2.45) is 11.3 Å². The average molecular weight is 321 g/mol. The molecule has 0 saturated carbocycles. The highest BCUT2D eigenvalue weighted by atomic mass is 19.1. The molecule has 0 spiro atoms. The van der Waals surface area contributed by atoms with Crippen molar-refractivity contribution in [3.63, 3.8) is 0 Å². The molecule has 2 atom stereocenters. The van der Waals surface area contributed by atoms with Crippen LogP contribution in [-0.2, 0) is 4.79 Å². The van der Waals surface area contributed by atoms with E-state index in [0.717, 1.165) is 25.9 Å². The summed E-state index contributed by atoms with van der Waals surface area (Å²) in [7, 11) is 0. The Balaban J connectivity index is 1.62. The fraction of sp³-hybridized carbons (Fsp3) is 0.667. The number of fused-ring (bicyclic) bond motifs is 1. The molecule has 3 aliphatic heterocycles. The van der Waals surface area contributed by atoms with E-state index in [1.807, 2.05) is 9.80 Å². The Morgan fingerprint density at radius 1 is 1.39 bits per heavy atom. The van der Waals surface area contributed by atoms with Crippen molar-refractivity contribution in [1.82, 2.24) is 15.3 Å². The molecule has 0 aromatic carbocycles. The van der Waals surface area contributed by atoms with Crippen molar-refractivity contribution in [2.45, 2.75) is 12.8 Å². The molecule has 23 heavy (non-hydrogen) atoms. The van der Waals surface area contributed by atoms with E-state index in [4.69, 9.17) is 0 Å². The van der Waals surface area contributed by atoms with Gasteiger partial charge in [-0.25, -0.2) is 9.37 Å². The highest BCUT2D eigenvalue weighted by Gasteiger charge is 2.55. The van der Waals surface area contributed by atoms with Crippen LogP contribution in [0.4, 0.5) is 16.2 Å². The molecule has 0 aliphatic carbocycles. The minimum atomic E-state index is -0.786. The molecule has 0 amide bonds. The molecule has 0 radical (unpaired) electrons. The van der Waals surface area contributed by atoms with E-state index in [1.54, 1.807) is 0 Å². The van der Waals surface area contributed by atoms with Crippen molar-refractivity contribution in [3.8, 4) is 0 Å². The lowest BCUT2D eigenvalue weighted by Gasteiger charge is -2.23. The van der Waals surface area contributed by atoms with Gasteiger partial charge >= 0.3 is 5.97 Å². The highest BCUT2D eigenvalue weighted by Crippen LogP contribution is 2.40. The summed E-state index contributed by atoms with van der Waals surface area (Å²) in [5.41, 5.74) is -0.786. The third kappa shape index (κ3) is 2.23. The standard InChI is InChI=1S/C15H20FN5O2/c16-11-6-18-14(19-12(11)20-3-1-2-4-20)21-7-10-5-17-8-15(10,9-21)13(22)23/h6,10,17H,1-5,7-9H2,(H,22,23)/t10-,15-/m0/s1. The van der Waals surface area contributed by atoms with Crippen LogP contribution in [0.25, 0.3) is 0 Å². The molecule has 7 nitrogen and oxygen atoms in total. The van der Waals surface area contributed by atoms with Gasteiger partial charge in [-0.1, -0.05) is 0 Å². The molecule has 124 valence electrons. The Labute approximate surface area is 133 Å². The van der Waals surface area contributed by atoms with Gasteiger partial charge in [-0.2, -0.15) is 4.98 Å². The van der Waals surface area contributed by atoms with Crippen molar-refractivity contribution >= 4 is 17.7 Å². The molecule has 3 fully saturated rings. The van der Waals surface area contributed by atoms with Crippen molar-refractivity contribution in [3.05, 3.63) is 12.0 Å². The number of anilines is 2. The number of nitrogens with one attached hydrogen (secondary N) is 1. The lowest BCUT2D eigenvalue weighted by atomic mass is 9.81. The van der Waals surface area contributed by atoms with Gasteiger partial charge in [-0.15, -0.1) is 0 Å². The molecule has 4 heterocycles. The second-order valence-corrected chi connectivity index (χ2v) is 6.71. The van der Waals surface area contributed by atoms with Gasteiger partial charge in [0.05, 0.1) is 6.20 Å². The molecule has 0 bridgehead atoms. The van der Waals surface area contributed by atoms with Gasteiger partial charge in [0.1, 0.15) is 5.41 Å². The first kappa shape index (κ1) is 14.6. The normalized spacial score (nSPS) is 30.0. The first-order valence-corrected chi connectivity index (χ1v) is 8.07. The van der Waals surface area contributed by atoms with Crippen LogP contribution in [0.15, 0.2) is 6.20 Å². The number of rotatable bonds is 3. The smallest absolute Gasteiger partial charge is 0.313 e. The zero-order valence-electron chi connectivity index (χ0n) is 12.8. The molecular weight excluding hydrogens is 301 g/mol. The van der Waals surface area contributed by atoms with Crippen LogP contribution in [-0.4, -0.2) is 60.3 Å². The first-order chi connectivity index (χ1) is 11.1. The van der Waals surface area contributed by atoms with E-state index in [2.05, 4.69) is 15.3 Å². The minimum Gasteiger partial charge on any atom is -0.481 e. The van der Waals surface area contributed by atoms with Gasteiger partial charge in [0.2, 0.25) is 5.95 Å². The zero-order chi connectivity index (χ0) is 16.0. The number of aliphatic carboxylic acids is 1. The Morgan fingerprint density at radius 2 is 2.17 bits per heavy atom. The molecule has 2 N–H and O–H groups in total. The van der Waals surface area contributed by atoms with Crippen molar-refractivity contribution in [1.29, 1.82) is 0 Å². The predicted octanol–water partition coefficient (Wildman–Crippen LogP) is 0.326. The summed E-state index contributed by atoms with van der Waals surface area (Å²) in [4.78, 5) is 24.1. The lowest BCUT2D eigenvalue weighted by Crippen LogP contribution is -2.40. The summed E-state index contributed by atoms with van der Waals surface area (Å²) in [6, 6.07) is 0. The maximum Gasteiger partial charge on any atom is 0.313 e. The molecule has 3 saturated heterocycles. The molecule has 1 aromatic rings.